The van der Waals surface area contributed by atoms with E-state index in [-0.39, 0.29) is 11.6 Å². The second-order valence-corrected chi connectivity index (χ2v) is 9.23. The summed E-state index contributed by atoms with van der Waals surface area (Å²) in [7, 11) is 4.19. The summed E-state index contributed by atoms with van der Waals surface area (Å²) in [6.07, 6.45) is -1.42. The number of ether oxygens (including phenoxy) is 1. The Bertz CT molecular complexity index is 1340. The maximum Gasteiger partial charge on any atom is 0.394 e. The molecule has 0 N–H and O–H groups in total. The molecule has 36 heavy (non-hydrogen) atoms. The first-order valence-electron chi connectivity index (χ1n) is 11.6. The van der Waals surface area contributed by atoms with Crippen molar-refractivity contribution in [2.45, 2.75) is 32.5 Å². The average molecular weight is 496 g/mol. The maximum absolute atomic E-state index is 13.0. The third-order valence-corrected chi connectivity index (χ3v) is 6.09. The van der Waals surface area contributed by atoms with Crippen LogP contribution in [0.15, 0.2) is 53.2 Å². The molecule has 4 heterocycles. The number of rotatable bonds is 8. The number of benzene rings is 1. The van der Waals surface area contributed by atoms with Crippen molar-refractivity contribution in [1.82, 2.24) is 29.8 Å². The zero-order valence-electron chi connectivity index (χ0n) is 20.5. The molecule has 11 heteroatoms. The van der Waals surface area contributed by atoms with Crippen LogP contribution in [0.25, 0.3) is 23.0 Å². The number of alkyl halides is 2. The first-order valence-corrected chi connectivity index (χ1v) is 11.6. The van der Waals surface area contributed by atoms with Crippen LogP contribution in [0.5, 0.6) is 5.75 Å². The molecule has 0 bridgehead atoms. The van der Waals surface area contributed by atoms with E-state index >= 15 is 0 Å². The molecule has 9 nitrogen and oxygen atoms in total. The van der Waals surface area contributed by atoms with Gasteiger partial charge in [-0.25, -0.2) is 4.98 Å². The van der Waals surface area contributed by atoms with E-state index in [0.29, 0.717) is 36.6 Å². The van der Waals surface area contributed by atoms with Gasteiger partial charge in [0.25, 0.3) is 5.89 Å². The van der Waals surface area contributed by atoms with Crippen molar-refractivity contribution < 1.29 is 18.0 Å². The van der Waals surface area contributed by atoms with Gasteiger partial charge in [0.15, 0.2) is 5.69 Å². The van der Waals surface area contributed by atoms with Gasteiger partial charge in [0.05, 0.1) is 6.54 Å². The Balaban J connectivity index is 1.28. The van der Waals surface area contributed by atoms with Gasteiger partial charge in [-0.1, -0.05) is 5.16 Å². The largest absolute Gasteiger partial charge is 0.433 e. The molecule has 188 valence electrons. The summed E-state index contributed by atoms with van der Waals surface area (Å²) < 4.78 is 37.9. The van der Waals surface area contributed by atoms with Gasteiger partial charge in [0.1, 0.15) is 11.6 Å². The molecule has 3 aromatic heterocycles. The lowest BCUT2D eigenvalue weighted by molar-refractivity contribution is -0.158. The number of hydrogen-bond donors (Lipinski definition) is 0. The van der Waals surface area contributed by atoms with Gasteiger partial charge >= 0.3 is 6.11 Å². The number of hydrogen-bond acceptors (Lipinski definition) is 8. The molecule has 0 aliphatic carbocycles. The van der Waals surface area contributed by atoms with Crippen LogP contribution in [0, 0.1) is 6.92 Å². The van der Waals surface area contributed by atoms with Crippen LogP contribution in [0.2, 0.25) is 0 Å². The zero-order valence-corrected chi connectivity index (χ0v) is 20.5. The maximum atomic E-state index is 13.0. The van der Waals surface area contributed by atoms with Gasteiger partial charge < -0.3 is 19.1 Å². The highest BCUT2D eigenvalue weighted by atomic mass is 19.3. The summed E-state index contributed by atoms with van der Waals surface area (Å²) in [6.45, 7) is 5.17. The summed E-state index contributed by atoms with van der Waals surface area (Å²) in [5.41, 5.74) is 3.21. The number of halogens is 2. The van der Waals surface area contributed by atoms with Crippen molar-refractivity contribution in [3.05, 3.63) is 59.9 Å². The van der Waals surface area contributed by atoms with E-state index in [1.165, 1.54) is 12.1 Å². The molecule has 1 aliphatic heterocycles. The molecule has 0 amide bonds. The lowest BCUT2D eigenvalue weighted by Crippen LogP contribution is -2.57. The quantitative estimate of drug-likeness (QED) is 0.361. The Kier molecular flexibility index (Phi) is 6.17. The number of aromatic nitrogens is 5. The highest BCUT2D eigenvalue weighted by Gasteiger charge is 2.29. The number of anilines is 1. The summed E-state index contributed by atoms with van der Waals surface area (Å²) >= 11 is 0. The fourth-order valence-electron chi connectivity index (χ4n) is 3.97. The van der Waals surface area contributed by atoms with Crippen molar-refractivity contribution in [3.8, 4) is 28.7 Å². The molecule has 1 fully saturated rings. The van der Waals surface area contributed by atoms with E-state index in [2.05, 4.69) is 54.9 Å². The minimum absolute atomic E-state index is 0.0511. The van der Waals surface area contributed by atoms with Crippen molar-refractivity contribution >= 4 is 5.82 Å². The van der Waals surface area contributed by atoms with E-state index in [4.69, 9.17) is 4.52 Å². The summed E-state index contributed by atoms with van der Waals surface area (Å²) in [6, 6.07) is 12.6. The molecule has 1 saturated heterocycles. The molecule has 0 atom stereocenters. The third-order valence-electron chi connectivity index (χ3n) is 6.09. The van der Waals surface area contributed by atoms with E-state index in [1.54, 1.807) is 12.1 Å². The van der Waals surface area contributed by atoms with E-state index in [1.807, 2.05) is 29.9 Å². The highest BCUT2D eigenvalue weighted by Crippen LogP contribution is 2.27. The van der Waals surface area contributed by atoms with Crippen molar-refractivity contribution in [1.29, 1.82) is 0 Å². The molecule has 1 aliphatic rings. The van der Waals surface area contributed by atoms with Crippen molar-refractivity contribution in [2.75, 3.05) is 32.1 Å². The number of likely N-dealkylation sites (N-methyl/N-ethyl adjacent to an activating group) is 1. The van der Waals surface area contributed by atoms with Crippen LogP contribution in [-0.4, -0.2) is 69.1 Å². The predicted octanol–water partition coefficient (Wildman–Crippen LogP) is 4.09. The first kappa shape index (κ1) is 23.9. The molecule has 0 saturated carbocycles. The molecule has 1 aromatic carbocycles. The Labute approximate surface area is 207 Å². The van der Waals surface area contributed by atoms with Gasteiger partial charge in [-0.05, 0) is 69.0 Å². The van der Waals surface area contributed by atoms with Crippen LogP contribution in [-0.2, 0) is 6.54 Å². The molecule has 4 aromatic rings. The fourth-order valence-corrected chi connectivity index (χ4v) is 3.97. The van der Waals surface area contributed by atoms with Crippen LogP contribution in [0.4, 0.5) is 14.6 Å². The molecule has 0 unspecified atom stereocenters. The van der Waals surface area contributed by atoms with Gasteiger partial charge in [-0.15, -0.1) is 0 Å². The smallest absolute Gasteiger partial charge is 0.394 e. The number of nitrogens with zero attached hydrogens (tertiary/aromatic N) is 7. The summed E-state index contributed by atoms with van der Waals surface area (Å²) in [5, 5.41) is 8.67. The van der Waals surface area contributed by atoms with Crippen LogP contribution in [0.3, 0.4) is 0 Å². The monoisotopic (exact) mass is 495 g/mol. The van der Waals surface area contributed by atoms with E-state index < -0.39 is 6.11 Å². The Morgan fingerprint density at radius 1 is 1.14 bits per heavy atom. The number of pyridine rings is 1. The van der Waals surface area contributed by atoms with Crippen molar-refractivity contribution in [2.24, 2.45) is 0 Å². The summed E-state index contributed by atoms with van der Waals surface area (Å²) in [4.78, 5) is 13.5. The predicted molar refractivity (Wildman–Crippen MR) is 130 cm³/mol. The molecule has 0 spiro atoms. The van der Waals surface area contributed by atoms with E-state index in [0.717, 1.165) is 30.2 Å². The topological polar surface area (TPSA) is 85.3 Å². The zero-order chi connectivity index (χ0) is 25.4. The van der Waals surface area contributed by atoms with Crippen molar-refractivity contribution in [3.63, 3.8) is 0 Å². The standard InChI is InChI=1S/C25H27F2N7O2/c1-16-11-21(24-29-23(31-36-24)18-5-7-20(8-6-18)35-25(2,26)27)30-34(16)13-17-9-10-28-22(12-17)33-14-19(15-33)32(3)4/h5-12,19H,13-15H2,1-4H3. The van der Waals surface area contributed by atoms with Gasteiger partial charge in [0, 0.05) is 43.5 Å². The van der Waals surface area contributed by atoms with Gasteiger partial charge in [-0.3, -0.25) is 4.68 Å². The lowest BCUT2D eigenvalue weighted by Gasteiger charge is -2.43. The lowest BCUT2D eigenvalue weighted by atomic mass is 10.1. The minimum Gasteiger partial charge on any atom is -0.433 e. The van der Waals surface area contributed by atoms with E-state index in [9.17, 15) is 8.78 Å². The SMILES string of the molecule is Cc1cc(-c2nc(-c3ccc(OC(C)(F)F)cc3)no2)nn1Cc1ccnc(N2CC(N(C)C)C2)c1. The van der Waals surface area contributed by atoms with Gasteiger partial charge in [0.2, 0.25) is 5.82 Å². The van der Waals surface area contributed by atoms with Crippen LogP contribution < -0.4 is 9.64 Å². The summed E-state index contributed by atoms with van der Waals surface area (Å²) in [5.74, 6) is 1.63. The van der Waals surface area contributed by atoms with Crippen LogP contribution in [0.1, 0.15) is 18.2 Å². The Morgan fingerprint density at radius 3 is 2.58 bits per heavy atom. The Morgan fingerprint density at radius 2 is 1.89 bits per heavy atom. The molecular formula is C25H27F2N7O2. The molecule has 0 radical (unpaired) electrons. The van der Waals surface area contributed by atoms with Gasteiger partial charge in [-0.2, -0.15) is 18.9 Å². The average Bonchev–Trinajstić information content (AvgIpc) is 3.40. The van der Waals surface area contributed by atoms with Crippen LogP contribution >= 0.6 is 0 Å². The second kappa shape index (κ2) is 9.30. The molecule has 5 rings (SSSR count). The fraction of sp³-hybridized carbons (Fsp3) is 0.360. The Hall–Kier alpha value is -3.86. The second-order valence-electron chi connectivity index (χ2n) is 9.23. The number of aryl methyl sites for hydroxylation is 1. The normalized spacial score (nSPS) is 14.4. The first-order chi connectivity index (χ1) is 17.1. The highest BCUT2D eigenvalue weighted by molar-refractivity contribution is 5.59. The third kappa shape index (κ3) is 5.20. The minimum atomic E-state index is -3.25. The molecular weight excluding hydrogens is 468 g/mol.